The van der Waals surface area contributed by atoms with Gasteiger partial charge in [-0.15, -0.1) is 0 Å². The molecule has 4 rings (SSSR count). The van der Waals surface area contributed by atoms with E-state index >= 15 is 0 Å². The molecule has 4 aliphatic rings. The van der Waals surface area contributed by atoms with Gasteiger partial charge in [0.25, 0.3) is 0 Å². The quantitative estimate of drug-likeness (QED) is 0.624. The van der Waals surface area contributed by atoms with Gasteiger partial charge in [-0.1, -0.05) is 12.2 Å². The van der Waals surface area contributed by atoms with E-state index < -0.39 is 0 Å². The summed E-state index contributed by atoms with van der Waals surface area (Å²) < 4.78 is 6.07. The summed E-state index contributed by atoms with van der Waals surface area (Å²) in [5.74, 6) is 4.34. The topological polar surface area (TPSA) is 26.3 Å². The number of Topliss-reactive ketones (excluding diaryl/α,β-unsaturated/α-hetero) is 1. The van der Waals surface area contributed by atoms with Crippen molar-refractivity contribution in [1.82, 2.24) is 0 Å². The molecular weight excluding hydrogens is 236 g/mol. The fourth-order valence-corrected chi connectivity index (χ4v) is 5.38. The molecule has 0 aromatic rings. The zero-order chi connectivity index (χ0) is 12.8. The maximum atomic E-state index is 11.6. The van der Waals surface area contributed by atoms with Crippen LogP contribution in [0.2, 0.25) is 0 Å². The molecule has 0 radical (unpaired) electrons. The molecule has 1 saturated heterocycles. The van der Waals surface area contributed by atoms with Crippen LogP contribution >= 0.6 is 0 Å². The second kappa shape index (κ2) is 4.73. The van der Waals surface area contributed by atoms with Crippen molar-refractivity contribution < 1.29 is 9.53 Å². The highest BCUT2D eigenvalue weighted by atomic mass is 16.5. The summed E-state index contributed by atoms with van der Waals surface area (Å²) >= 11 is 0. The molecule has 0 spiro atoms. The molecule has 3 fully saturated rings. The van der Waals surface area contributed by atoms with Crippen LogP contribution in [0.1, 0.15) is 44.9 Å². The van der Waals surface area contributed by atoms with Crippen molar-refractivity contribution in [3.05, 3.63) is 12.2 Å². The van der Waals surface area contributed by atoms with Gasteiger partial charge in [-0.05, 0) is 68.1 Å². The highest BCUT2D eigenvalue weighted by Crippen LogP contribution is 2.53. The van der Waals surface area contributed by atoms with E-state index in [9.17, 15) is 4.79 Å². The third kappa shape index (κ3) is 1.99. The second-order valence-electron chi connectivity index (χ2n) is 7.09. The first-order valence-electron chi connectivity index (χ1n) is 8.13. The highest BCUT2D eigenvalue weighted by Gasteiger charge is 2.48. The fourth-order valence-electron chi connectivity index (χ4n) is 5.38. The van der Waals surface area contributed by atoms with Gasteiger partial charge < -0.3 is 4.74 Å². The minimum Gasteiger partial charge on any atom is -0.370 e. The second-order valence-corrected chi connectivity index (χ2v) is 7.09. The smallest absolute Gasteiger partial charge is 0.158 e. The van der Waals surface area contributed by atoms with Crippen molar-refractivity contribution in [2.45, 2.75) is 51.0 Å². The van der Waals surface area contributed by atoms with E-state index in [-0.39, 0.29) is 0 Å². The molecule has 6 atom stereocenters. The molecule has 0 amide bonds. The largest absolute Gasteiger partial charge is 0.370 e. The number of rotatable bonds is 0. The van der Waals surface area contributed by atoms with Crippen LogP contribution in [0.15, 0.2) is 12.2 Å². The molecule has 0 bridgehead atoms. The Labute approximate surface area is 115 Å². The van der Waals surface area contributed by atoms with E-state index in [1.807, 2.05) is 0 Å². The number of hydrogen-bond acceptors (Lipinski definition) is 2. The van der Waals surface area contributed by atoms with Crippen molar-refractivity contribution in [2.75, 3.05) is 6.61 Å². The monoisotopic (exact) mass is 260 g/mol. The van der Waals surface area contributed by atoms with Gasteiger partial charge >= 0.3 is 0 Å². The van der Waals surface area contributed by atoms with Gasteiger partial charge in [0.1, 0.15) is 6.61 Å². The van der Waals surface area contributed by atoms with Crippen molar-refractivity contribution in [1.29, 1.82) is 0 Å². The summed E-state index contributed by atoms with van der Waals surface area (Å²) in [6, 6.07) is 0. The lowest BCUT2D eigenvalue weighted by Crippen LogP contribution is -2.46. The molecule has 2 heteroatoms. The Hall–Kier alpha value is -0.630. The van der Waals surface area contributed by atoms with Gasteiger partial charge in [-0.2, -0.15) is 0 Å². The fraction of sp³-hybridized carbons (Fsp3) is 0.824. The lowest BCUT2D eigenvalue weighted by molar-refractivity contribution is -0.129. The summed E-state index contributed by atoms with van der Waals surface area (Å²) in [6.45, 7) is 0.386. The Kier molecular flexibility index (Phi) is 3.02. The molecular formula is C17H24O2. The van der Waals surface area contributed by atoms with Gasteiger partial charge in [0.05, 0.1) is 6.10 Å². The van der Waals surface area contributed by atoms with Crippen LogP contribution in [-0.2, 0) is 9.53 Å². The Balaban J connectivity index is 1.55. The molecule has 0 aromatic heterocycles. The van der Waals surface area contributed by atoms with Crippen LogP contribution < -0.4 is 0 Å². The van der Waals surface area contributed by atoms with Crippen LogP contribution in [0.5, 0.6) is 0 Å². The van der Waals surface area contributed by atoms with Crippen molar-refractivity contribution in [3.63, 3.8) is 0 Å². The van der Waals surface area contributed by atoms with E-state index in [2.05, 4.69) is 12.2 Å². The minimum atomic E-state index is 0.321. The molecule has 2 saturated carbocycles. The Morgan fingerprint density at radius 1 is 1.00 bits per heavy atom. The van der Waals surface area contributed by atoms with E-state index in [1.54, 1.807) is 0 Å². The summed E-state index contributed by atoms with van der Waals surface area (Å²) in [6.07, 6.45) is 13.7. The minimum absolute atomic E-state index is 0.321. The van der Waals surface area contributed by atoms with E-state index in [0.29, 0.717) is 24.4 Å². The maximum Gasteiger partial charge on any atom is 0.158 e. The predicted octanol–water partition coefficient (Wildman–Crippen LogP) is 3.36. The Morgan fingerprint density at radius 2 is 1.89 bits per heavy atom. The first-order valence-corrected chi connectivity index (χ1v) is 8.13. The zero-order valence-corrected chi connectivity index (χ0v) is 11.6. The summed E-state index contributed by atoms with van der Waals surface area (Å²) in [7, 11) is 0. The normalized spacial score (nSPS) is 49.2. The summed E-state index contributed by atoms with van der Waals surface area (Å²) in [4.78, 5) is 11.6. The lowest BCUT2D eigenvalue weighted by Gasteiger charge is -2.49. The van der Waals surface area contributed by atoms with Crippen molar-refractivity contribution in [3.8, 4) is 0 Å². The van der Waals surface area contributed by atoms with Gasteiger partial charge in [0, 0.05) is 6.42 Å². The predicted molar refractivity (Wildman–Crippen MR) is 73.7 cm³/mol. The van der Waals surface area contributed by atoms with Crippen LogP contribution in [0.4, 0.5) is 0 Å². The first kappa shape index (κ1) is 12.1. The third-order valence-electron chi connectivity index (χ3n) is 6.26. The third-order valence-corrected chi connectivity index (χ3v) is 6.26. The average Bonchev–Trinajstić information content (AvgIpc) is 2.83. The Bertz CT molecular complexity index is 400. The van der Waals surface area contributed by atoms with Crippen LogP contribution in [-0.4, -0.2) is 18.5 Å². The number of hydrogen-bond donors (Lipinski definition) is 0. The maximum absolute atomic E-state index is 11.6. The summed E-state index contributed by atoms with van der Waals surface area (Å²) in [5.41, 5.74) is 0. The van der Waals surface area contributed by atoms with E-state index in [1.165, 1.54) is 32.1 Å². The molecule has 6 unspecified atom stereocenters. The number of ether oxygens (including phenoxy) is 1. The van der Waals surface area contributed by atoms with E-state index in [4.69, 9.17) is 4.74 Å². The number of ketones is 1. The van der Waals surface area contributed by atoms with Crippen LogP contribution in [0.25, 0.3) is 0 Å². The highest BCUT2D eigenvalue weighted by molar-refractivity contribution is 5.79. The van der Waals surface area contributed by atoms with Gasteiger partial charge in [-0.3, -0.25) is 4.79 Å². The van der Waals surface area contributed by atoms with E-state index in [0.717, 1.165) is 36.5 Å². The van der Waals surface area contributed by atoms with Gasteiger partial charge in [0.2, 0.25) is 0 Å². The van der Waals surface area contributed by atoms with Crippen LogP contribution in [0.3, 0.4) is 0 Å². The first-order chi connectivity index (χ1) is 9.33. The number of carbonyl (C=O) groups is 1. The Morgan fingerprint density at radius 3 is 2.84 bits per heavy atom. The number of carbonyl (C=O) groups excluding carboxylic acids is 1. The van der Waals surface area contributed by atoms with Gasteiger partial charge in [0.15, 0.2) is 5.78 Å². The van der Waals surface area contributed by atoms with Crippen molar-refractivity contribution >= 4 is 5.78 Å². The molecule has 1 heterocycles. The van der Waals surface area contributed by atoms with Crippen molar-refractivity contribution in [2.24, 2.45) is 29.6 Å². The average molecular weight is 260 g/mol. The molecule has 3 aliphatic carbocycles. The molecule has 104 valence electrons. The standard InChI is InChI=1S/C17H24O2/c18-13-7-4-12-6-8-15-14-3-1-2-11(14)5-9-16(15)17(12)19-10-13/h1-2,11-12,14-17H,3-10H2. The zero-order valence-electron chi connectivity index (χ0n) is 11.6. The van der Waals surface area contributed by atoms with Gasteiger partial charge in [-0.25, -0.2) is 0 Å². The SMILES string of the molecule is O=C1CCC2CCC3C4CC=CC4CCC3C2OC1. The van der Waals surface area contributed by atoms with Crippen LogP contribution in [0, 0.1) is 29.6 Å². The molecule has 19 heavy (non-hydrogen) atoms. The number of allylic oxidation sites excluding steroid dienone is 2. The summed E-state index contributed by atoms with van der Waals surface area (Å²) in [5, 5.41) is 0. The molecule has 2 nitrogen and oxygen atoms in total. The lowest BCUT2D eigenvalue weighted by atomic mass is 9.59. The molecule has 1 aliphatic heterocycles. The molecule has 0 aromatic carbocycles. The number of fused-ring (bicyclic) bond motifs is 5. The molecule has 0 N–H and O–H groups in total.